The highest BCUT2D eigenvalue weighted by Gasteiger charge is 2.27. The molecule has 4 heteroatoms. The van der Waals surface area contributed by atoms with Gasteiger partial charge in [0.1, 0.15) is 0 Å². The lowest BCUT2D eigenvalue weighted by Crippen LogP contribution is -2.50. The summed E-state index contributed by atoms with van der Waals surface area (Å²) < 4.78 is 0. The molecule has 0 aliphatic carbocycles. The molecule has 3 N–H and O–H groups in total. The molecule has 1 heterocycles. The van der Waals surface area contributed by atoms with E-state index in [9.17, 15) is 5.11 Å². The number of hydrogen-bond donors (Lipinski definition) is 3. The van der Waals surface area contributed by atoms with Gasteiger partial charge in [-0.1, -0.05) is 0 Å². The van der Waals surface area contributed by atoms with Gasteiger partial charge in [-0.3, -0.25) is 0 Å². The molecule has 1 aliphatic heterocycles. The highest BCUT2D eigenvalue weighted by atomic mass is 16.3. The van der Waals surface area contributed by atoms with Crippen molar-refractivity contribution in [2.24, 2.45) is 5.92 Å². The molecule has 0 saturated carbocycles. The van der Waals surface area contributed by atoms with E-state index in [2.05, 4.69) is 17.3 Å². The first-order valence-corrected chi connectivity index (χ1v) is 5.84. The van der Waals surface area contributed by atoms with Crippen molar-refractivity contribution in [1.29, 1.82) is 0 Å². The molecule has 15 heavy (non-hydrogen) atoms. The average Bonchev–Trinajstić information content (AvgIpc) is 2.17. The summed E-state index contributed by atoms with van der Waals surface area (Å²) in [5.74, 6) is 0.371. The summed E-state index contributed by atoms with van der Waals surface area (Å²) in [5.41, 5.74) is 0. The second-order valence-corrected chi connectivity index (χ2v) is 4.69. The first-order chi connectivity index (χ1) is 7.13. The summed E-state index contributed by atoms with van der Waals surface area (Å²) in [6, 6.07) is 0.454. The molecule has 1 fully saturated rings. The fourth-order valence-electron chi connectivity index (χ4n) is 2.25. The predicted octanol–water partition coefficient (Wildman–Crippen LogP) is -0.340. The van der Waals surface area contributed by atoms with Crippen LogP contribution in [0.5, 0.6) is 0 Å². The first kappa shape index (κ1) is 12.9. The van der Waals surface area contributed by atoms with E-state index in [1.165, 1.54) is 0 Å². The van der Waals surface area contributed by atoms with Gasteiger partial charge in [-0.15, -0.1) is 0 Å². The van der Waals surface area contributed by atoms with Crippen LogP contribution in [0.3, 0.4) is 0 Å². The van der Waals surface area contributed by atoms with Crippen LogP contribution in [0.2, 0.25) is 0 Å². The van der Waals surface area contributed by atoms with E-state index in [0.717, 1.165) is 32.5 Å². The van der Waals surface area contributed by atoms with Gasteiger partial charge in [0, 0.05) is 25.7 Å². The second-order valence-electron chi connectivity index (χ2n) is 4.69. The Morgan fingerprint density at radius 2 is 2.20 bits per heavy atom. The van der Waals surface area contributed by atoms with Gasteiger partial charge >= 0.3 is 0 Å². The second kappa shape index (κ2) is 6.43. The SMILES string of the molecule is CC(O)C1CC(NCCCO)CN(C)C1. The predicted molar refractivity (Wildman–Crippen MR) is 60.8 cm³/mol. The molecular formula is C11H24N2O2. The molecule has 0 amide bonds. The average molecular weight is 216 g/mol. The highest BCUT2D eigenvalue weighted by molar-refractivity contribution is 4.84. The van der Waals surface area contributed by atoms with Gasteiger partial charge < -0.3 is 20.4 Å². The van der Waals surface area contributed by atoms with Crippen LogP contribution in [0, 0.1) is 5.92 Å². The molecule has 0 radical (unpaired) electrons. The number of hydrogen-bond acceptors (Lipinski definition) is 4. The van der Waals surface area contributed by atoms with E-state index >= 15 is 0 Å². The van der Waals surface area contributed by atoms with E-state index in [1.807, 2.05) is 6.92 Å². The Kier molecular flexibility index (Phi) is 5.53. The standard InChI is InChI=1S/C11H24N2O2/c1-9(15)10-6-11(8-13(2)7-10)12-4-3-5-14/h9-12,14-15H,3-8H2,1-2H3. The lowest BCUT2D eigenvalue weighted by molar-refractivity contribution is 0.0581. The van der Waals surface area contributed by atoms with Crippen molar-refractivity contribution >= 4 is 0 Å². The lowest BCUT2D eigenvalue weighted by atomic mass is 9.90. The molecule has 0 aromatic heterocycles. The molecule has 0 aromatic rings. The van der Waals surface area contributed by atoms with Crippen LogP contribution in [0.25, 0.3) is 0 Å². The number of aliphatic hydroxyl groups is 2. The van der Waals surface area contributed by atoms with Gasteiger partial charge in [-0.05, 0) is 39.3 Å². The minimum atomic E-state index is -0.227. The summed E-state index contributed by atoms with van der Waals surface area (Å²) in [5, 5.41) is 21.7. The molecule has 3 atom stereocenters. The molecular weight excluding hydrogens is 192 g/mol. The van der Waals surface area contributed by atoms with E-state index in [0.29, 0.717) is 12.0 Å². The number of likely N-dealkylation sites (tertiary alicyclic amines) is 1. The summed E-state index contributed by atoms with van der Waals surface area (Å²) >= 11 is 0. The number of nitrogens with zero attached hydrogens (tertiary/aromatic N) is 1. The zero-order valence-electron chi connectivity index (χ0n) is 9.82. The van der Waals surface area contributed by atoms with Crippen molar-refractivity contribution in [3.05, 3.63) is 0 Å². The van der Waals surface area contributed by atoms with E-state index < -0.39 is 0 Å². The van der Waals surface area contributed by atoms with Crippen LogP contribution >= 0.6 is 0 Å². The number of likely N-dealkylation sites (N-methyl/N-ethyl adjacent to an activating group) is 1. The van der Waals surface area contributed by atoms with Crippen LogP contribution < -0.4 is 5.32 Å². The smallest absolute Gasteiger partial charge is 0.0553 e. The number of aliphatic hydroxyl groups excluding tert-OH is 2. The maximum atomic E-state index is 9.59. The molecule has 90 valence electrons. The van der Waals surface area contributed by atoms with Gasteiger partial charge in [0.2, 0.25) is 0 Å². The number of rotatable bonds is 5. The molecule has 4 nitrogen and oxygen atoms in total. The third kappa shape index (κ3) is 4.47. The Labute approximate surface area is 92.3 Å². The summed E-state index contributed by atoms with van der Waals surface area (Å²) in [6.45, 7) is 5.00. The van der Waals surface area contributed by atoms with E-state index in [4.69, 9.17) is 5.11 Å². The zero-order valence-corrected chi connectivity index (χ0v) is 9.82. The van der Waals surface area contributed by atoms with Gasteiger partial charge in [-0.25, -0.2) is 0 Å². The lowest BCUT2D eigenvalue weighted by Gasteiger charge is -2.37. The Balaban J connectivity index is 2.31. The van der Waals surface area contributed by atoms with Crippen molar-refractivity contribution in [3.63, 3.8) is 0 Å². The minimum absolute atomic E-state index is 0.227. The molecule has 0 spiro atoms. The third-order valence-electron chi connectivity index (χ3n) is 3.12. The quantitative estimate of drug-likeness (QED) is 0.550. The Bertz CT molecular complexity index is 176. The number of nitrogens with one attached hydrogen (secondary N) is 1. The molecule has 1 saturated heterocycles. The Morgan fingerprint density at radius 1 is 1.47 bits per heavy atom. The molecule has 0 aromatic carbocycles. The van der Waals surface area contributed by atoms with E-state index in [-0.39, 0.29) is 12.7 Å². The first-order valence-electron chi connectivity index (χ1n) is 5.84. The van der Waals surface area contributed by atoms with Gasteiger partial charge in [0.25, 0.3) is 0 Å². The van der Waals surface area contributed by atoms with Crippen LogP contribution in [0.15, 0.2) is 0 Å². The molecule has 0 bridgehead atoms. The zero-order chi connectivity index (χ0) is 11.3. The fraction of sp³-hybridized carbons (Fsp3) is 1.00. The fourth-order valence-corrected chi connectivity index (χ4v) is 2.25. The summed E-state index contributed by atoms with van der Waals surface area (Å²) in [7, 11) is 2.09. The largest absolute Gasteiger partial charge is 0.396 e. The maximum absolute atomic E-state index is 9.59. The van der Waals surface area contributed by atoms with Crippen LogP contribution in [0.1, 0.15) is 19.8 Å². The minimum Gasteiger partial charge on any atom is -0.396 e. The van der Waals surface area contributed by atoms with Gasteiger partial charge in [0.15, 0.2) is 0 Å². The monoisotopic (exact) mass is 216 g/mol. The van der Waals surface area contributed by atoms with E-state index in [1.54, 1.807) is 0 Å². The van der Waals surface area contributed by atoms with Crippen LogP contribution in [-0.2, 0) is 0 Å². The van der Waals surface area contributed by atoms with Crippen molar-refractivity contribution in [1.82, 2.24) is 10.2 Å². The molecule has 3 unspecified atom stereocenters. The topological polar surface area (TPSA) is 55.7 Å². The van der Waals surface area contributed by atoms with Crippen molar-refractivity contribution in [2.75, 3.05) is 33.3 Å². The Hall–Kier alpha value is -0.160. The van der Waals surface area contributed by atoms with Crippen LogP contribution in [0.4, 0.5) is 0 Å². The summed E-state index contributed by atoms with van der Waals surface area (Å²) in [6.07, 6.45) is 1.61. The normalized spacial score (nSPS) is 30.4. The third-order valence-corrected chi connectivity index (χ3v) is 3.12. The molecule has 1 aliphatic rings. The Morgan fingerprint density at radius 3 is 2.80 bits per heavy atom. The van der Waals surface area contributed by atoms with Crippen molar-refractivity contribution in [2.45, 2.75) is 31.9 Å². The van der Waals surface area contributed by atoms with Crippen LogP contribution in [-0.4, -0.2) is 60.5 Å². The van der Waals surface area contributed by atoms with Crippen molar-refractivity contribution in [3.8, 4) is 0 Å². The number of piperidine rings is 1. The van der Waals surface area contributed by atoms with Gasteiger partial charge in [0.05, 0.1) is 6.10 Å². The summed E-state index contributed by atoms with van der Waals surface area (Å²) in [4.78, 5) is 2.26. The van der Waals surface area contributed by atoms with Crippen molar-refractivity contribution < 1.29 is 10.2 Å². The maximum Gasteiger partial charge on any atom is 0.0553 e. The highest BCUT2D eigenvalue weighted by Crippen LogP contribution is 2.18. The molecule has 1 rings (SSSR count). The van der Waals surface area contributed by atoms with Gasteiger partial charge in [-0.2, -0.15) is 0 Å².